The van der Waals surface area contributed by atoms with E-state index in [-0.39, 0.29) is 27.8 Å². The van der Waals surface area contributed by atoms with Gasteiger partial charge >= 0.3 is 0 Å². The molecular weight excluding hydrogens is 436 g/mol. The molecule has 4 nitrogen and oxygen atoms in total. The topological polar surface area (TPSA) is 69.9 Å². The summed E-state index contributed by atoms with van der Waals surface area (Å²) in [6.07, 6.45) is 9.39. The van der Waals surface area contributed by atoms with Crippen molar-refractivity contribution in [3.63, 3.8) is 0 Å². The van der Waals surface area contributed by atoms with E-state index in [1.165, 1.54) is 25.7 Å². The van der Waals surface area contributed by atoms with Gasteiger partial charge in [-0.15, -0.1) is 0 Å². The molecule has 10 atom stereocenters. The number of methoxy groups -OCH3 is 1. The molecule has 0 heterocycles. The normalized spacial score (nSPS) is 45.5. The summed E-state index contributed by atoms with van der Waals surface area (Å²) in [5.74, 6) is 2.04. The fraction of sp³-hybridized carbons (Fsp3) is 0.935. The first-order chi connectivity index (χ1) is 16.1. The van der Waals surface area contributed by atoms with E-state index in [1.54, 1.807) is 12.7 Å². The van der Waals surface area contributed by atoms with Gasteiger partial charge in [-0.3, -0.25) is 0 Å². The minimum Gasteiger partial charge on any atom is -0.393 e. The number of rotatable bonds is 6. The van der Waals surface area contributed by atoms with Gasteiger partial charge in [-0.25, -0.2) is 0 Å². The zero-order valence-electron chi connectivity index (χ0n) is 24.0. The Hall–Kier alpha value is -0.420. The van der Waals surface area contributed by atoms with Crippen molar-refractivity contribution in [2.45, 2.75) is 131 Å². The Balaban J connectivity index is 1.58. The molecule has 0 spiro atoms. The van der Waals surface area contributed by atoms with Gasteiger partial charge in [-0.2, -0.15) is 0 Å². The molecule has 3 N–H and O–H groups in total. The number of aliphatic hydroxyl groups is 3. The molecule has 35 heavy (non-hydrogen) atoms. The zero-order valence-corrected chi connectivity index (χ0v) is 24.0. The highest BCUT2D eigenvalue weighted by molar-refractivity contribution is 5.33. The van der Waals surface area contributed by atoms with Crippen LogP contribution >= 0.6 is 0 Å². The molecular formula is C31H54O4. The third kappa shape index (κ3) is 3.91. The number of hydrogen-bond acceptors (Lipinski definition) is 4. The molecule has 3 saturated carbocycles. The van der Waals surface area contributed by atoms with Crippen LogP contribution in [0.5, 0.6) is 0 Å². The summed E-state index contributed by atoms with van der Waals surface area (Å²) in [6.45, 7) is 18.2. The fourth-order valence-corrected chi connectivity index (χ4v) is 9.91. The summed E-state index contributed by atoms with van der Waals surface area (Å²) in [5.41, 5.74) is 1.60. The predicted octanol–water partition coefficient (Wildman–Crippen LogP) is 6.13. The van der Waals surface area contributed by atoms with Gasteiger partial charge in [0.05, 0.1) is 17.8 Å². The number of allylic oxidation sites excluding steroid dienone is 2. The minimum absolute atomic E-state index is 0.0314. The summed E-state index contributed by atoms with van der Waals surface area (Å²) in [4.78, 5) is 0. The second-order valence-corrected chi connectivity index (χ2v) is 14.8. The molecule has 0 aliphatic heterocycles. The molecule has 4 aliphatic rings. The van der Waals surface area contributed by atoms with Gasteiger partial charge in [0, 0.05) is 7.11 Å². The van der Waals surface area contributed by atoms with Crippen LogP contribution in [0.25, 0.3) is 0 Å². The average Bonchev–Trinajstić information content (AvgIpc) is 3.07. The van der Waals surface area contributed by atoms with Crippen LogP contribution in [0.1, 0.15) is 107 Å². The molecule has 0 amide bonds. The van der Waals surface area contributed by atoms with Crippen molar-refractivity contribution in [2.75, 3.05) is 7.11 Å². The van der Waals surface area contributed by atoms with Crippen molar-refractivity contribution in [2.24, 2.45) is 45.3 Å². The van der Waals surface area contributed by atoms with E-state index in [9.17, 15) is 15.3 Å². The molecule has 0 radical (unpaired) electrons. The van der Waals surface area contributed by atoms with Crippen molar-refractivity contribution >= 4 is 0 Å². The molecule has 3 fully saturated rings. The maximum absolute atomic E-state index is 10.9. The van der Waals surface area contributed by atoms with Gasteiger partial charge in [0.15, 0.2) is 0 Å². The maximum Gasteiger partial charge on any atom is 0.108 e. The average molecular weight is 491 g/mol. The SMILES string of the molecule is COC(C)(C)[C@H](O)[C@H](O)C[C@H](C)[C@@H]1CC[C@]2(C)C3=CC[C@H]4C(C)(C)[C@@H](O)CC[C@]4(C)[C@H]3CC[C@@]12C. The first-order valence-electron chi connectivity index (χ1n) is 14.4. The molecule has 0 bridgehead atoms. The molecule has 0 aromatic carbocycles. The predicted molar refractivity (Wildman–Crippen MR) is 142 cm³/mol. The van der Waals surface area contributed by atoms with Crippen molar-refractivity contribution < 1.29 is 20.1 Å². The zero-order chi connectivity index (χ0) is 26.2. The highest BCUT2D eigenvalue weighted by atomic mass is 16.5. The van der Waals surface area contributed by atoms with Crippen LogP contribution < -0.4 is 0 Å². The lowest BCUT2D eigenvalue weighted by atomic mass is 9.41. The van der Waals surface area contributed by atoms with Crippen LogP contribution in [0.4, 0.5) is 0 Å². The highest BCUT2D eigenvalue weighted by Crippen LogP contribution is 2.73. The third-order valence-corrected chi connectivity index (χ3v) is 12.8. The summed E-state index contributed by atoms with van der Waals surface area (Å²) in [5, 5.41) is 32.5. The Morgan fingerprint density at radius 3 is 2.31 bits per heavy atom. The van der Waals surface area contributed by atoms with Crippen molar-refractivity contribution in [1.82, 2.24) is 0 Å². The number of ether oxygens (including phenoxy) is 1. The molecule has 0 aromatic heterocycles. The van der Waals surface area contributed by atoms with E-state index < -0.39 is 17.8 Å². The van der Waals surface area contributed by atoms with Crippen LogP contribution in [0.15, 0.2) is 11.6 Å². The van der Waals surface area contributed by atoms with Gasteiger partial charge < -0.3 is 20.1 Å². The number of aliphatic hydroxyl groups excluding tert-OH is 3. The fourth-order valence-electron chi connectivity index (χ4n) is 9.91. The molecule has 4 heteroatoms. The second-order valence-electron chi connectivity index (χ2n) is 14.8. The summed E-state index contributed by atoms with van der Waals surface area (Å²) >= 11 is 0. The van der Waals surface area contributed by atoms with Crippen LogP contribution in [0, 0.1) is 45.3 Å². The van der Waals surface area contributed by atoms with Gasteiger partial charge in [-0.1, -0.05) is 53.2 Å². The molecule has 4 aliphatic carbocycles. The lowest BCUT2D eigenvalue weighted by molar-refractivity contribution is -0.136. The lowest BCUT2D eigenvalue weighted by Gasteiger charge is -2.64. The quantitative estimate of drug-likeness (QED) is 0.392. The minimum atomic E-state index is -0.894. The molecule has 202 valence electrons. The summed E-state index contributed by atoms with van der Waals surface area (Å²) in [6, 6.07) is 0. The van der Waals surface area contributed by atoms with Crippen LogP contribution in [0.2, 0.25) is 0 Å². The van der Waals surface area contributed by atoms with Crippen molar-refractivity contribution in [1.29, 1.82) is 0 Å². The first-order valence-corrected chi connectivity index (χ1v) is 14.4. The van der Waals surface area contributed by atoms with Crippen molar-refractivity contribution in [3.05, 3.63) is 11.6 Å². The summed E-state index contributed by atoms with van der Waals surface area (Å²) < 4.78 is 5.45. The Bertz CT molecular complexity index is 832. The van der Waals surface area contributed by atoms with Crippen LogP contribution in [-0.4, -0.2) is 46.3 Å². The largest absolute Gasteiger partial charge is 0.393 e. The maximum atomic E-state index is 10.9. The molecule has 0 aromatic rings. The van der Waals surface area contributed by atoms with Gasteiger partial charge in [0.25, 0.3) is 0 Å². The van der Waals surface area contributed by atoms with E-state index in [0.717, 1.165) is 19.3 Å². The van der Waals surface area contributed by atoms with Crippen molar-refractivity contribution in [3.8, 4) is 0 Å². The van der Waals surface area contributed by atoms with E-state index in [4.69, 9.17) is 4.74 Å². The Kier molecular flexibility index (Phi) is 6.96. The lowest BCUT2D eigenvalue weighted by Crippen LogP contribution is -2.58. The van der Waals surface area contributed by atoms with Crippen LogP contribution in [-0.2, 0) is 4.74 Å². The molecule has 0 saturated heterocycles. The van der Waals surface area contributed by atoms with E-state index in [1.807, 2.05) is 13.8 Å². The molecule has 0 unspecified atom stereocenters. The monoisotopic (exact) mass is 490 g/mol. The van der Waals surface area contributed by atoms with Gasteiger partial charge in [-0.05, 0) is 111 Å². The second kappa shape index (κ2) is 8.82. The van der Waals surface area contributed by atoms with E-state index in [2.05, 4.69) is 47.6 Å². The van der Waals surface area contributed by atoms with Crippen LogP contribution in [0.3, 0.4) is 0 Å². The standard InChI is InChI=1S/C31H54O4/c1-19(18-23(32)26(34)28(4,5)35-9)20-12-16-31(8)22-10-11-24-27(2,3)25(33)14-15-29(24,6)21(22)13-17-30(20,31)7/h10,19-21,23-26,32-34H,11-18H2,1-9H3/t19-,20-,21-,23+,24-,25-,26+,29+,30-,31+/m0/s1. The Labute approximate surface area is 214 Å². The Morgan fingerprint density at radius 2 is 1.69 bits per heavy atom. The first kappa shape index (κ1) is 27.6. The van der Waals surface area contributed by atoms with Gasteiger partial charge in [0.1, 0.15) is 6.10 Å². The van der Waals surface area contributed by atoms with Gasteiger partial charge in [0.2, 0.25) is 0 Å². The number of fused-ring (bicyclic) bond motifs is 5. The number of hydrogen-bond donors (Lipinski definition) is 3. The smallest absolute Gasteiger partial charge is 0.108 e. The molecule has 4 rings (SSSR count). The van der Waals surface area contributed by atoms with E-state index >= 15 is 0 Å². The Morgan fingerprint density at radius 1 is 1.03 bits per heavy atom. The van der Waals surface area contributed by atoms with E-state index in [0.29, 0.717) is 30.1 Å². The summed E-state index contributed by atoms with van der Waals surface area (Å²) in [7, 11) is 1.60. The highest BCUT2D eigenvalue weighted by Gasteiger charge is 2.65. The third-order valence-electron chi connectivity index (χ3n) is 12.8.